The summed E-state index contributed by atoms with van der Waals surface area (Å²) in [5.74, 6) is 1.83. The van der Waals surface area contributed by atoms with E-state index in [4.69, 9.17) is 4.74 Å². The van der Waals surface area contributed by atoms with Crippen molar-refractivity contribution < 1.29 is 9.53 Å². The van der Waals surface area contributed by atoms with Crippen molar-refractivity contribution in [3.8, 4) is 5.75 Å². The summed E-state index contributed by atoms with van der Waals surface area (Å²) < 4.78 is 5.46. The minimum Gasteiger partial charge on any atom is -0.496 e. The Kier molecular flexibility index (Phi) is 6.90. The van der Waals surface area contributed by atoms with Crippen molar-refractivity contribution in [1.82, 2.24) is 9.80 Å². The number of nitrogens with zero attached hydrogens (tertiary/aromatic N) is 2. The molecule has 4 nitrogen and oxygen atoms in total. The molecule has 1 aromatic rings. The van der Waals surface area contributed by atoms with Crippen LogP contribution in [0.4, 0.5) is 0 Å². The lowest BCUT2D eigenvalue weighted by Gasteiger charge is -2.33. The van der Waals surface area contributed by atoms with Gasteiger partial charge in [-0.25, -0.2) is 0 Å². The molecule has 0 aromatic heterocycles. The third-order valence-electron chi connectivity index (χ3n) is 4.78. The zero-order chi connectivity index (χ0) is 16.7. The molecule has 2 rings (SSSR count). The normalized spacial score (nSPS) is 18.7. The van der Waals surface area contributed by atoms with Crippen LogP contribution < -0.4 is 4.74 Å². The molecule has 0 spiro atoms. The highest BCUT2D eigenvalue weighted by Gasteiger charge is 2.23. The van der Waals surface area contributed by atoms with E-state index in [1.807, 2.05) is 30.9 Å². The van der Waals surface area contributed by atoms with Crippen LogP contribution in [0.3, 0.4) is 0 Å². The Morgan fingerprint density at radius 2 is 2.04 bits per heavy atom. The Hall–Kier alpha value is -1.55. The Labute approximate surface area is 140 Å². The molecule has 23 heavy (non-hydrogen) atoms. The average Bonchev–Trinajstić information content (AvgIpc) is 2.57. The fraction of sp³-hybridized carbons (Fsp3) is 0.632. The second-order valence-corrected chi connectivity index (χ2v) is 6.33. The van der Waals surface area contributed by atoms with Gasteiger partial charge in [0.25, 0.3) is 0 Å². The molecule has 128 valence electrons. The van der Waals surface area contributed by atoms with Crippen molar-refractivity contribution >= 4 is 5.91 Å². The van der Waals surface area contributed by atoms with Crippen molar-refractivity contribution in [3.05, 3.63) is 29.8 Å². The maximum Gasteiger partial charge on any atom is 0.236 e. The first-order valence-electron chi connectivity index (χ1n) is 8.79. The molecule has 1 amide bonds. The Morgan fingerprint density at radius 1 is 1.30 bits per heavy atom. The molecule has 0 aliphatic carbocycles. The van der Waals surface area contributed by atoms with Crippen LogP contribution in [0.25, 0.3) is 0 Å². The minimum atomic E-state index is 0.257. The van der Waals surface area contributed by atoms with E-state index in [1.165, 1.54) is 18.4 Å². The minimum absolute atomic E-state index is 0.257. The standard InChI is InChI=1S/C19H30N2O2/c1-4-21(5-2)19(22)15-20-12-8-9-16(14-20)13-17-10-6-7-11-18(17)23-3/h6-7,10-11,16H,4-5,8-9,12-15H2,1-3H3. The fourth-order valence-electron chi connectivity index (χ4n) is 3.51. The van der Waals surface area contributed by atoms with Gasteiger partial charge in [-0.2, -0.15) is 0 Å². The van der Waals surface area contributed by atoms with Gasteiger partial charge in [0, 0.05) is 19.6 Å². The molecular weight excluding hydrogens is 288 g/mol. The van der Waals surface area contributed by atoms with Crippen molar-refractivity contribution in [2.75, 3.05) is 39.8 Å². The molecule has 0 saturated carbocycles. The first kappa shape index (κ1) is 17.8. The molecule has 4 heteroatoms. The number of hydrogen-bond donors (Lipinski definition) is 0. The van der Waals surface area contributed by atoms with Crippen LogP contribution in [0.5, 0.6) is 5.75 Å². The van der Waals surface area contributed by atoms with Gasteiger partial charge >= 0.3 is 0 Å². The molecule has 1 unspecified atom stereocenters. The predicted octanol–water partition coefficient (Wildman–Crippen LogP) is 2.82. The third kappa shape index (κ3) is 4.96. The number of benzene rings is 1. The maximum atomic E-state index is 12.3. The molecule has 0 radical (unpaired) electrons. The number of amides is 1. The lowest BCUT2D eigenvalue weighted by molar-refractivity contribution is -0.132. The number of methoxy groups -OCH3 is 1. The molecular formula is C19H30N2O2. The molecule has 1 saturated heterocycles. The summed E-state index contributed by atoms with van der Waals surface area (Å²) in [6, 6.07) is 8.26. The zero-order valence-corrected chi connectivity index (χ0v) is 14.8. The highest BCUT2D eigenvalue weighted by Crippen LogP contribution is 2.26. The molecule has 1 fully saturated rings. The smallest absolute Gasteiger partial charge is 0.236 e. The highest BCUT2D eigenvalue weighted by molar-refractivity contribution is 5.78. The third-order valence-corrected chi connectivity index (χ3v) is 4.78. The Morgan fingerprint density at radius 3 is 2.74 bits per heavy atom. The van der Waals surface area contributed by atoms with Crippen LogP contribution in [0.1, 0.15) is 32.3 Å². The van der Waals surface area contributed by atoms with Crippen LogP contribution in [0.15, 0.2) is 24.3 Å². The first-order chi connectivity index (χ1) is 11.2. The van der Waals surface area contributed by atoms with Crippen molar-refractivity contribution in [2.24, 2.45) is 5.92 Å². The van der Waals surface area contributed by atoms with Crippen LogP contribution >= 0.6 is 0 Å². The number of ether oxygens (including phenoxy) is 1. The van der Waals surface area contributed by atoms with Crippen LogP contribution in [-0.2, 0) is 11.2 Å². The number of likely N-dealkylation sites (tertiary alicyclic amines) is 1. The van der Waals surface area contributed by atoms with Crippen molar-refractivity contribution in [2.45, 2.75) is 33.1 Å². The van der Waals surface area contributed by atoms with Crippen LogP contribution in [0, 0.1) is 5.92 Å². The van der Waals surface area contributed by atoms with Gasteiger partial charge in [0.2, 0.25) is 5.91 Å². The quantitative estimate of drug-likeness (QED) is 0.775. The van der Waals surface area contributed by atoms with Gasteiger partial charge in [0.05, 0.1) is 13.7 Å². The summed E-state index contributed by atoms with van der Waals surface area (Å²) in [6.07, 6.45) is 3.43. The Balaban J connectivity index is 1.92. The molecule has 1 aliphatic heterocycles. The van der Waals surface area contributed by atoms with Gasteiger partial charge < -0.3 is 9.64 Å². The molecule has 1 heterocycles. The van der Waals surface area contributed by atoms with E-state index >= 15 is 0 Å². The topological polar surface area (TPSA) is 32.8 Å². The molecule has 1 aromatic carbocycles. The number of piperidine rings is 1. The second kappa shape index (κ2) is 8.92. The lowest BCUT2D eigenvalue weighted by atomic mass is 9.91. The zero-order valence-electron chi connectivity index (χ0n) is 14.8. The summed E-state index contributed by atoms with van der Waals surface area (Å²) in [4.78, 5) is 16.5. The fourth-order valence-corrected chi connectivity index (χ4v) is 3.51. The first-order valence-corrected chi connectivity index (χ1v) is 8.79. The van der Waals surface area contributed by atoms with Gasteiger partial charge in [0.15, 0.2) is 0 Å². The summed E-state index contributed by atoms with van der Waals surface area (Å²) in [6.45, 7) is 8.29. The van der Waals surface area contributed by atoms with Gasteiger partial charge in [-0.15, -0.1) is 0 Å². The SMILES string of the molecule is CCN(CC)C(=O)CN1CCCC(Cc2ccccc2OC)C1. The van der Waals surface area contributed by atoms with E-state index in [-0.39, 0.29) is 5.91 Å². The van der Waals surface area contributed by atoms with Gasteiger partial charge in [-0.1, -0.05) is 18.2 Å². The molecule has 0 bridgehead atoms. The number of carbonyl (C=O) groups is 1. The van der Waals surface area contributed by atoms with Gasteiger partial charge in [0.1, 0.15) is 5.75 Å². The summed E-state index contributed by atoms with van der Waals surface area (Å²) >= 11 is 0. The number of likely N-dealkylation sites (N-methyl/N-ethyl adjacent to an activating group) is 1. The maximum absolute atomic E-state index is 12.3. The summed E-state index contributed by atoms with van der Waals surface area (Å²) in [7, 11) is 1.73. The number of para-hydroxylation sites is 1. The van der Waals surface area contributed by atoms with E-state index in [2.05, 4.69) is 17.0 Å². The van der Waals surface area contributed by atoms with Gasteiger partial charge in [-0.05, 0) is 57.2 Å². The number of carbonyl (C=O) groups excluding carboxylic acids is 1. The van der Waals surface area contributed by atoms with Crippen molar-refractivity contribution in [3.63, 3.8) is 0 Å². The van der Waals surface area contributed by atoms with E-state index < -0.39 is 0 Å². The second-order valence-electron chi connectivity index (χ2n) is 6.33. The monoisotopic (exact) mass is 318 g/mol. The number of hydrogen-bond acceptors (Lipinski definition) is 3. The number of rotatable bonds is 7. The lowest BCUT2D eigenvalue weighted by Crippen LogP contribution is -2.44. The van der Waals surface area contributed by atoms with E-state index in [0.717, 1.165) is 38.3 Å². The summed E-state index contributed by atoms with van der Waals surface area (Å²) in [5, 5.41) is 0. The Bertz CT molecular complexity index is 500. The highest BCUT2D eigenvalue weighted by atomic mass is 16.5. The van der Waals surface area contributed by atoms with Crippen LogP contribution in [0.2, 0.25) is 0 Å². The molecule has 1 atom stereocenters. The van der Waals surface area contributed by atoms with Crippen LogP contribution in [-0.4, -0.2) is 55.5 Å². The molecule has 0 N–H and O–H groups in total. The van der Waals surface area contributed by atoms with E-state index in [9.17, 15) is 4.79 Å². The summed E-state index contributed by atoms with van der Waals surface area (Å²) in [5.41, 5.74) is 1.27. The van der Waals surface area contributed by atoms with E-state index in [0.29, 0.717) is 12.5 Å². The molecule has 1 aliphatic rings. The van der Waals surface area contributed by atoms with E-state index in [1.54, 1.807) is 7.11 Å². The largest absolute Gasteiger partial charge is 0.496 e. The van der Waals surface area contributed by atoms with Gasteiger partial charge in [-0.3, -0.25) is 9.69 Å². The average molecular weight is 318 g/mol. The van der Waals surface area contributed by atoms with Crippen molar-refractivity contribution in [1.29, 1.82) is 0 Å². The predicted molar refractivity (Wildman–Crippen MR) is 93.8 cm³/mol.